The second-order valence-electron chi connectivity index (χ2n) is 15.7. The van der Waals surface area contributed by atoms with Gasteiger partial charge in [-0.25, -0.2) is 19.6 Å². The Morgan fingerprint density at radius 2 is 1.53 bits per heavy atom. The van der Waals surface area contributed by atoms with E-state index >= 15 is 0 Å². The third kappa shape index (κ3) is 8.17. The smallest absolute Gasteiger partial charge is 0.407 e. The molecular formula is C41H49Cl2N7O7S. The molecule has 17 heteroatoms. The molecule has 0 bridgehead atoms. The monoisotopic (exact) mass is 853 g/mol. The maximum Gasteiger partial charge on any atom is 0.407 e. The molecular weight excluding hydrogens is 805 g/mol. The van der Waals surface area contributed by atoms with E-state index in [-0.39, 0.29) is 35.7 Å². The average molecular weight is 855 g/mol. The number of ether oxygens (including phenoxy) is 3. The Balaban J connectivity index is 1.09. The molecule has 58 heavy (non-hydrogen) atoms. The third-order valence-electron chi connectivity index (χ3n) is 11.3. The van der Waals surface area contributed by atoms with Gasteiger partial charge < -0.3 is 39.6 Å². The van der Waals surface area contributed by atoms with Crippen LogP contribution in [0.15, 0.2) is 34.4 Å². The molecule has 0 spiro atoms. The van der Waals surface area contributed by atoms with Gasteiger partial charge in [-0.1, -0.05) is 57.0 Å². The van der Waals surface area contributed by atoms with Crippen LogP contribution >= 0.6 is 34.5 Å². The number of benzene rings is 1. The number of allylic oxidation sites excluding steroid dienone is 1. The van der Waals surface area contributed by atoms with Crippen molar-refractivity contribution in [2.45, 2.75) is 90.4 Å². The molecule has 0 radical (unpaired) electrons. The van der Waals surface area contributed by atoms with E-state index in [4.69, 9.17) is 47.4 Å². The second kappa shape index (κ2) is 17.3. The number of carbonyl (C=O) groups is 4. The lowest BCUT2D eigenvalue weighted by Crippen LogP contribution is -2.53. The van der Waals surface area contributed by atoms with Crippen molar-refractivity contribution < 1.29 is 33.4 Å². The highest BCUT2D eigenvalue weighted by molar-refractivity contribution is 7.16. The molecule has 7 rings (SSSR count). The minimum atomic E-state index is -0.743. The number of amides is 4. The van der Waals surface area contributed by atoms with Crippen molar-refractivity contribution in [2.24, 2.45) is 16.8 Å². The molecule has 14 nitrogen and oxygen atoms in total. The van der Waals surface area contributed by atoms with Gasteiger partial charge in [-0.15, -0.1) is 11.3 Å². The minimum absolute atomic E-state index is 0.129. The van der Waals surface area contributed by atoms with E-state index in [1.165, 1.54) is 14.2 Å². The molecule has 2 aromatic heterocycles. The number of H-pyrrole nitrogens is 1. The molecule has 310 valence electrons. The predicted molar refractivity (Wildman–Crippen MR) is 223 cm³/mol. The normalized spacial score (nSPS) is 20.0. The van der Waals surface area contributed by atoms with Gasteiger partial charge in [0.05, 0.1) is 32.9 Å². The standard InChI is InChI=1S/C41H49Cl2N7O7S/c1-20(2)31(46-40(53)55-5)38(51)49-14-7-9-27(49)26-19-25(35(42)44-26)30-18-23-13-16-57-29-17-22(11-12-24(29)34(23)58-30)33-36(43)48-37(45-33)28-10-8-15-50(28)39(52)32(21(3)4)47-41(54)56-6/h11-12,17-18,20-21,27-28,31-32H,7-10,13-16,19H2,1-6H3,(H,45,48)(H,46,53)(H,47,54)/t27-,28-,31-,32-/m0/s1. The third-order valence-corrected chi connectivity index (χ3v) is 13.2. The highest BCUT2D eigenvalue weighted by atomic mass is 35.5. The lowest BCUT2D eigenvalue weighted by atomic mass is 9.99. The van der Waals surface area contributed by atoms with Gasteiger partial charge in [0.15, 0.2) is 0 Å². The summed E-state index contributed by atoms with van der Waals surface area (Å²) in [6.07, 6.45) is 3.01. The Hall–Kier alpha value is -4.60. The van der Waals surface area contributed by atoms with E-state index in [9.17, 15) is 19.2 Å². The SMILES string of the molecule is COC(=O)N[C@H](C(=O)N1CCC[C@H]1C1=NC(Cl)=C(c2cc3c(s2)-c2ccc(-c4nc([C@@H]5CCCN5C(=O)[C@@H](NC(=O)OC)C(C)C)[nH]c4Cl)cc2OCC3)C1)C(C)C. The van der Waals surface area contributed by atoms with Gasteiger partial charge in [0, 0.05) is 58.1 Å². The summed E-state index contributed by atoms with van der Waals surface area (Å²) in [5.74, 6) is 0.665. The zero-order chi connectivity index (χ0) is 41.4. The van der Waals surface area contributed by atoms with Crippen molar-refractivity contribution in [1.29, 1.82) is 0 Å². The lowest BCUT2D eigenvalue weighted by Gasteiger charge is -2.31. The van der Waals surface area contributed by atoms with E-state index < -0.39 is 24.3 Å². The molecule has 3 aromatic rings. The van der Waals surface area contributed by atoms with Gasteiger partial charge in [-0.2, -0.15) is 0 Å². The second-order valence-corrected chi connectivity index (χ2v) is 17.5. The number of likely N-dealkylation sites (tertiary alicyclic amines) is 2. The van der Waals surface area contributed by atoms with Gasteiger partial charge in [0.2, 0.25) is 11.8 Å². The number of fused-ring (bicyclic) bond motifs is 3. The number of carbonyl (C=O) groups excluding carboxylic acids is 4. The van der Waals surface area contributed by atoms with E-state index in [0.29, 0.717) is 66.5 Å². The zero-order valence-corrected chi connectivity index (χ0v) is 35.8. The Kier molecular flexibility index (Phi) is 12.4. The molecule has 4 atom stereocenters. The van der Waals surface area contributed by atoms with Crippen molar-refractivity contribution in [3.05, 3.63) is 50.8 Å². The number of hydrogen-bond donors (Lipinski definition) is 3. The van der Waals surface area contributed by atoms with Crippen LogP contribution in [0.25, 0.3) is 27.3 Å². The van der Waals surface area contributed by atoms with Crippen LogP contribution in [0.1, 0.15) is 82.1 Å². The first-order chi connectivity index (χ1) is 27.8. The van der Waals surface area contributed by atoms with E-state index in [0.717, 1.165) is 57.0 Å². The number of aliphatic imine (C=N–C) groups is 1. The van der Waals surface area contributed by atoms with Crippen LogP contribution in [0.4, 0.5) is 9.59 Å². The van der Waals surface area contributed by atoms with Crippen molar-refractivity contribution in [3.8, 4) is 27.4 Å². The maximum absolute atomic E-state index is 13.7. The van der Waals surface area contributed by atoms with Crippen LogP contribution in [-0.2, 0) is 25.5 Å². The summed E-state index contributed by atoms with van der Waals surface area (Å²) in [6.45, 7) is 9.13. The first-order valence-corrected chi connectivity index (χ1v) is 21.3. The Bertz CT molecular complexity index is 2160. The summed E-state index contributed by atoms with van der Waals surface area (Å²) in [7, 11) is 2.56. The van der Waals surface area contributed by atoms with Gasteiger partial charge in [0.25, 0.3) is 0 Å². The van der Waals surface area contributed by atoms with Crippen LogP contribution in [0.5, 0.6) is 5.75 Å². The van der Waals surface area contributed by atoms with E-state index in [1.54, 1.807) is 16.2 Å². The highest BCUT2D eigenvalue weighted by Crippen LogP contribution is 2.47. The minimum Gasteiger partial charge on any atom is -0.493 e. The fraction of sp³-hybridized carbons (Fsp3) is 0.512. The summed E-state index contributed by atoms with van der Waals surface area (Å²) in [4.78, 5) is 70.2. The zero-order valence-electron chi connectivity index (χ0n) is 33.4. The van der Waals surface area contributed by atoms with Crippen LogP contribution in [0.3, 0.4) is 0 Å². The molecule has 4 amide bonds. The summed E-state index contributed by atoms with van der Waals surface area (Å²) in [5.41, 5.74) is 5.20. The quantitative estimate of drug-likeness (QED) is 0.176. The van der Waals surface area contributed by atoms with E-state index in [1.807, 2.05) is 50.8 Å². The van der Waals surface area contributed by atoms with E-state index in [2.05, 4.69) is 21.7 Å². The molecule has 4 aliphatic heterocycles. The Morgan fingerprint density at radius 3 is 2.16 bits per heavy atom. The lowest BCUT2D eigenvalue weighted by molar-refractivity contribution is -0.135. The molecule has 4 aliphatic rings. The molecule has 6 heterocycles. The summed E-state index contributed by atoms with van der Waals surface area (Å²) < 4.78 is 15.9. The molecule has 0 saturated carbocycles. The molecule has 0 aliphatic carbocycles. The van der Waals surface area contributed by atoms with Crippen LogP contribution in [-0.4, -0.2) is 102 Å². The number of alkyl carbamates (subject to hydrolysis) is 2. The first-order valence-electron chi connectivity index (χ1n) is 19.7. The maximum atomic E-state index is 13.7. The van der Waals surface area contributed by atoms with Crippen molar-refractivity contribution in [3.63, 3.8) is 0 Å². The molecule has 0 unspecified atom stereocenters. The number of nitrogens with one attached hydrogen (secondary N) is 3. The number of aromatic amines is 1. The summed E-state index contributed by atoms with van der Waals surface area (Å²) in [6, 6.07) is 6.13. The van der Waals surface area contributed by atoms with Gasteiger partial charge in [-0.3, -0.25) is 9.59 Å². The number of rotatable bonds is 10. The predicted octanol–water partition coefficient (Wildman–Crippen LogP) is 7.56. The molecule has 2 saturated heterocycles. The summed E-state index contributed by atoms with van der Waals surface area (Å²) >= 11 is 15.3. The molecule has 2 fully saturated rings. The van der Waals surface area contributed by atoms with Gasteiger partial charge in [-0.05, 0) is 61.3 Å². The number of nitrogens with zero attached hydrogens (tertiary/aromatic N) is 4. The van der Waals surface area contributed by atoms with Crippen molar-refractivity contribution >= 4 is 69.8 Å². The topological polar surface area (TPSA) is 168 Å². The van der Waals surface area contributed by atoms with Gasteiger partial charge in [0.1, 0.15) is 39.7 Å². The highest BCUT2D eigenvalue weighted by Gasteiger charge is 2.40. The van der Waals surface area contributed by atoms with Crippen LogP contribution < -0.4 is 15.4 Å². The summed E-state index contributed by atoms with van der Waals surface area (Å²) in [5, 5.41) is 6.18. The largest absolute Gasteiger partial charge is 0.493 e. The van der Waals surface area contributed by atoms with Crippen LogP contribution in [0, 0.1) is 11.8 Å². The average Bonchev–Trinajstić information content (AvgIpc) is 4.05. The van der Waals surface area contributed by atoms with Gasteiger partial charge >= 0.3 is 12.2 Å². The number of halogens is 2. The number of aromatic nitrogens is 2. The number of imidazole rings is 1. The Morgan fingerprint density at radius 1 is 0.914 bits per heavy atom. The van der Waals surface area contributed by atoms with Crippen LogP contribution in [0.2, 0.25) is 5.15 Å². The Labute approximate surface area is 351 Å². The fourth-order valence-electron chi connectivity index (χ4n) is 8.27. The number of hydrogen-bond acceptors (Lipinski definition) is 10. The molecule has 1 aromatic carbocycles. The molecule has 3 N–H and O–H groups in total. The van der Waals surface area contributed by atoms with Crippen molar-refractivity contribution in [1.82, 2.24) is 30.4 Å². The fourth-order valence-corrected chi connectivity index (χ4v) is 10.1. The first kappa shape index (κ1) is 41.6. The number of thiophene rings is 1. The number of methoxy groups -OCH3 is 2. The van der Waals surface area contributed by atoms with Crippen molar-refractivity contribution in [2.75, 3.05) is 33.9 Å².